The number of hydrogen-bond acceptors (Lipinski definition) is 4. The second-order valence-corrected chi connectivity index (χ2v) is 7.28. The van der Waals surface area contributed by atoms with E-state index in [1.807, 2.05) is 11.3 Å². The van der Waals surface area contributed by atoms with Crippen LogP contribution in [0.3, 0.4) is 0 Å². The molecule has 1 saturated carbocycles. The predicted molar refractivity (Wildman–Crippen MR) is 95.4 cm³/mol. The van der Waals surface area contributed by atoms with Crippen LogP contribution in [0.15, 0.2) is 48.1 Å². The van der Waals surface area contributed by atoms with Crippen molar-refractivity contribution in [1.29, 1.82) is 0 Å². The quantitative estimate of drug-likeness (QED) is 0.739. The molecule has 4 heteroatoms. The zero-order valence-corrected chi connectivity index (χ0v) is 13.9. The number of hydrogen-bond donors (Lipinski definition) is 1. The summed E-state index contributed by atoms with van der Waals surface area (Å²) in [7, 11) is 0. The molecule has 1 aliphatic rings. The summed E-state index contributed by atoms with van der Waals surface area (Å²) in [6, 6.07) is 11.3. The fourth-order valence-electron chi connectivity index (χ4n) is 3.61. The van der Waals surface area contributed by atoms with Crippen molar-refractivity contribution in [3.05, 3.63) is 58.5 Å². The zero-order valence-electron chi connectivity index (χ0n) is 13.1. The SMILES string of the molecule is c1csc(C(NCc2ccc3nccnc3c2)C2CCCC2)c1. The van der Waals surface area contributed by atoms with Gasteiger partial charge in [-0.1, -0.05) is 25.0 Å². The minimum atomic E-state index is 0.482. The van der Waals surface area contributed by atoms with Gasteiger partial charge in [0.25, 0.3) is 0 Å². The first-order valence-electron chi connectivity index (χ1n) is 8.36. The van der Waals surface area contributed by atoms with Crippen LogP contribution in [0.25, 0.3) is 11.0 Å². The highest BCUT2D eigenvalue weighted by Crippen LogP contribution is 2.37. The van der Waals surface area contributed by atoms with Crippen molar-refractivity contribution in [3.63, 3.8) is 0 Å². The van der Waals surface area contributed by atoms with Crippen molar-refractivity contribution in [2.24, 2.45) is 5.92 Å². The second kappa shape index (κ2) is 6.77. The summed E-state index contributed by atoms with van der Waals surface area (Å²) in [5.74, 6) is 0.772. The first-order chi connectivity index (χ1) is 11.4. The number of benzene rings is 1. The van der Waals surface area contributed by atoms with Gasteiger partial charge in [-0.15, -0.1) is 11.3 Å². The van der Waals surface area contributed by atoms with Crippen molar-refractivity contribution >= 4 is 22.4 Å². The van der Waals surface area contributed by atoms with Gasteiger partial charge in [0.15, 0.2) is 0 Å². The number of rotatable bonds is 5. The molecule has 1 unspecified atom stereocenters. The van der Waals surface area contributed by atoms with E-state index in [0.29, 0.717) is 6.04 Å². The molecule has 4 rings (SSSR count). The normalized spacial score (nSPS) is 16.9. The van der Waals surface area contributed by atoms with Gasteiger partial charge in [0.05, 0.1) is 11.0 Å². The minimum absolute atomic E-state index is 0.482. The molecule has 2 aromatic heterocycles. The fraction of sp³-hybridized carbons (Fsp3) is 0.368. The largest absolute Gasteiger partial charge is 0.305 e. The predicted octanol–water partition coefficient (Wildman–Crippen LogP) is 4.71. The Hall–Kier alpha value is -1.78. The Balaban J connectivity index is 1.52. The third-order valence-corrected chi connectivity index (χ3v) is 5.74. The number of fused-ring (bicyclic) bond motifs is 1. The van der Waals surface area contributed by atoms with E-state index in [1.54, 1.807) is 12.4 Å². The molecule has 1 aliphatic carbocycles. The monoisotopic (exact) mass is 323 g/mol. The summed E-state index contributed by atoms with van der Waals surface area (Å²) < 4.78 is 0. The molecular weight excluding hydrogens is 302 g/mol. The molecule has 118 valence electrons. The molecule has 0 bridgehead atoms. The second-order valence-electron chi connectivity index (χ2n) is 6.30. The summed E-state index contributed by atoms with van der Waals surface area (Å²) in [6.45, 7) is 0.881. The van der Waals surface area contributed by atoms with Gasteiger partial charge in [-0.3, -0.25) is 9.97 Å². The van der Waals surface area contributed by atoms with Crippen molar-refractivity contribution in [2.75, 3.05) is 0 Å². The first kappa shape index (κ1) is 14.8. The molecule has 0 spiro atoms. The zero-order chi connectivity index (χ0) is 15.5. The van der Waals surface area contributed by atoms with Gasteiger partial charge in [0.2, 0.25) is 0 Å². The number of thiophene rings is 1. The van der Waals surface area contributed by atoms with E-state index in [9.17, 15) is 0 Å². The Labute approximate surface area is 140 Å². The lowest BCUT2D eigenvalue weighted by Gasteiger charge is -2.24. The molecule has 3 aromatic rings. The maximum atomic E-state index is 4.41. The Bertz CT molecular complexity index is 763. The summed E-state index contributed by atoms with van der Waals surface area (Å²) in [4.78, 5) is 10.2. The number of nitrogens with zero attached hydrogens (tertiary/aromatic N) is 2. The van der Waals surface area contributed by atoms with E-state index >= 15 is 0 Å². The molecule has 2 heterocycles. The van der Waals surface area contributed by atoms with Crippen LogP contribution < -0.4 is 5.32 Å². The van der Waals surface area contributed by atoms with Crippen LogP contribution in [-0.2, 0) is 6.54 Å². The average Bonchev–Trinajstić information content (AvgIpc) is 3.29. The highest BCUT2D eigenvalue weighted by atomic mass is 32.1. The van der Waals surface area contributed by atoms with Gasteiger partial charge in [-0.25, -0.2) is 0 Å². The Morgan fingerprint density at radius 1 is 1.09 bits per heavy atom. The molecule has 1 aromatic carbocycles. The van der Waals surface area contributed by atoms with Gasteiger partial charge in [-0.05, 0) is 47.9 Å². The smallest absolute Gasteiger partial charge is 0.0890 e. The summed E-state index contributed by atoms with van der Waals surface area (Å²) in [5, 5.41) is 5.99. The van der Waals surface area contributed by atoms with E-state index < -0.39 is 0 Å². The lowest BCUT2D eigenvalue weighted by atomic mass is 9.96. The maximum absolute atomic E-state index is 4.41. The van der Waals surface area contributed by atoms with Gasteiger partial charge < -0.3 is 5.32 Å². The molecule has 0 saturated heterocycles. The minimum Gasteiger partial charge on any atom is -0.305 e. The third kappa shape index (κ3) is 3.28. The van der Waals surface area contributed by atoms with Crippen LogP contribution in [-0.4, -0.2) is 9.97 Å². The number of nitrogens with one attached hydrogen (secondary N) is 1. The van der Waals surface area contributed by atoms with Crippen LogP contribution in [0.4, 0.5) is 0 Å². The summed E-state index contributed by atoms with van der Waals surface area (Å²) in [5.41, 5.74) is 3.21. The van der Waals surface area contributed by atoms with E-state index in [-0.39, 0.29) is 0 Å². The van der Waals surface area contributed by atoms with Crippen molar-refractivity contribution in [3.8, 4) is 0 Å². The molecule has 0 radical (unpaired) electrons. The summed E-state index contributed by atoms with van der Waals surface area (Å²) >= 11 is 1.87. The van der Waals surface area contributed by atoms with Crippen LogP contribution in [0.5, 0.6) is 0 Å². The average molecular weight is 323 g/mol. The Morgan fingerprint density at radius 2 is 1.91 bits per heavy atom. The standard InChI is InChI=1S/C19H21N3S/c1-2-5-15(4-1)19(18-6-3-11-23-18)22-13-14-7-8-16-17(12-14)21-10-9-20-16/h3,6-12,15,19,22H,1-2,4-5,13H2. The van der Waals surface area contributed by atoms with E-state index in [1.165, 1.54) is 36.1 Å². The molecule has 1 fully saturated rings. The third-order valence-electron chi connectivity index (χ3n) is 4.78. The summed E-state index contributed by atoms with van der Waals surface area (Å²) in [6.07, 6.45) is 8.94. The lowest BCUT2D eigenvalue weighted by Crippen LogP contribution is -2.26. The number of aromatic nitrogens is 2. The van der Waals surface area contributed by atoms with Crippen molar-refractivity contribution in [1.82, 2.24) is 15.3 Å². The molecule has 3 nitrogen and oxygen atoms in total. The Morgan fingerprint density at radius 3 is 2.70 bits per heavy atom. The molecule has 0 amide bonds. The maximum Gasteiger partial charge on any atom is 0.0890 e. The molecule has 1 atom stereocenters. The van der Waals surface area contributed by atoms with Gasteiger partial charge in [0.1, 0.15) is 0 Å². The van der Waals surface area contributed by atoms with E-state index in [2.05, 4.69) is 51.0 Å². The topological polar surface area (TPSA) is 37.8 Å². The van der Waals surface area contributed by atoms with Crippen LogP contribution >= 0.6 is 11.3 Å². The van der Waals surface area contributed by atoms with Crippen molar-refractivity contribution < 1.29 is 0 Å². The van der Waals surface area contributed by atoms with Crippen LogP contribution in [0.2, 0.25) is 0 Å². The molecule has 23 heavy (non-hydrogen) atoms. The van der Waals surface area contributed by atoms with E-state index in [4.69, 9.17) is 0 Å². The first-order valence-corrected chi connectivity index (χ1v) is 9.24. The van der Waals surface area contributed by atoms with Crippen LogP contribution in [0.1, 0.15) is 42.2 Å². The molecular formula is C19H21N3S. The molecule has 1 N–H and O–H groups in total. The highest BCUT2D eigenvalue weighted by molar-refractivity contribution is 7.10. The molecule has 0 aliphatic heterocycles. The van der Waals surface area contributed by atoms with Crippen LogP contribution in [0, 0.1) is 5.92 Å². The lowest BCUT2D eigenvalue weighted by molar-refractivity contribution is 0.371. The van der Waals surface area contributed by atoms with Gasteiger partial charge in [0, 0.05) is 29.9 Å². The van der Waals surface area contributed by atoms with E-state index in [0.717, 1.165) is 23.5 Å². The Kier molecular flexibility index (Phi) is 4.35. The van der Waals surface area contributed by atoms with Gasteiger partial charge >= 0.3 is 0 Å². The fourth-order valence-corrected chi connectivity index (χ4v) is 4.50. The highest BCUT2D eigenvalue weighted by Gasteiger charge is 2.26. The van der Waals surface area contributed by atoms with Gasteiger partial charge in [-0.2, -0.15) is 0 Å². The van der Waals surface area contributed by atoms with Crippen molar-refractivity contribution in [2.45, 2.75) is 38.3 Å².